The number of rotatable bonds is 5. The van der Waals surface area contributed by atoms with Crippen LogP contribution < -0.4 is 10.6 Å². The van der Waals surface area contributed by atoms with Crippen molar-refractivity contribution in [3.63, 3.8) is 0 Å². The van der Waals surface area contributed by atoms with Gasteiger partial charge in [0.1, 0.15) is 0 Å². The molecule has 4 N–H and O–H groups in total. The summed E-state index contributed by atoms with van der Waals surface area (Å²) in [7, 11) is 1.44. The molecule has 2 fully saturated rings. The molecule has 2 aliphatic carbocycles. The summed E-state index contributed by atoms with van der Waals surface area (Å²) in [4.78, 5) is 48.8. The Hall–Kier alpha value is -2.12. The van der Waals surface area contributed by atoms with Gasteiger partial charge in [0.15, 0.2) is 0 Å². The zero-order valence-corrected chi connectivity index (χ0v) is 18.1. The Morgan fingerprint density at radius 1 is 0.733 bits per heavy atom. The van der Waals surface area contributed by atoms with E-state index in [1.54, 1.807) is 0 Å². The first-order valence-electron chi connectivity index (χ1n) is 11.2. The van der Waals surface area contributed by atoms with E-state index in [0.717, 1.165) is 32.1 Å². The second-order valence-corrected chi connectivity index (χ2v) is 9.12. The molecule has 0 aromatic carbocycles. The minimum atomic E-state index is -1.17. The molecule has 0 saturated heterocycles. The smallest absolute Gasteiger partial charge is 0.307 e. The van der Waals surface area contributed by atoms with Crippen LogP contribution in [0.2, 0.25) is 0 Å². The van der Waals surface area contributed by atoms with Gasteiger partial charge in [0.05, 0.1) is 17.8 Å². The number of aliphatic carboxylic acids is 2. The first-order chi connectivity index (χ1) is 14.2. The highest BCUT2D eigenvalue weighted by atomic mass is 16.4. The van der Waals surface area contributed by atoms with Crippen molar-refractivity contribution in [2.45, 2.75) is 77.2 Å². The Bertz CT molecular complexity index is 637. The highest BCUT2D eigenvalue weighted by Crippen LogP contribution is 2.35. The second-order valence-electron chi connectivity index (χ2n) is 9.12. The first kappa shape index (κ1) is 24.2. The molecular weight excluding hydrogens is 388 g/mol. The predicted molar refractivity (Wildman–Crippen MR) is 111 cm³/mol. The van der Waals surface area contributed by atoms with Gasteiger partial charge in [-0.2, -0.15) is 0 Å². The third-order valence-electron chi connectivity index (χ3n) is 6.89. The topological polar surface area (TPSA) is 133 Å². The highest BCUT2D eigenvalue weighted by molar-refractivity contribution is 5.85. The number of carboxylic acid groups (broad SMARTS) is 2. The lowest BCUT2D eigenvalue weighted by molar-refractivity contribution is -0.152. The van der Waals surface area contributed by atoms with Crippen LogP contribution in [0.5, 0.6) is 0 Å². The number of amides is 2. The van der Waals surface area contributed by atoms with Crippen LogP contribution >= 0.6 is 0 Å². The van der Waals surface area contributed by atoms with Crippen LogP contribution in [0.3, 0.4) is 0 Å². The molecule has 170 valence electrons. The van der Waals surface area contributed by atoms with Gasteiger partial charge in [-0.3, -0.25) is 19.2 Å². The maximum absolute atomic E-state index is 13.0. The molecule has 30 heavy (non-hydrogen) atoms. The fourth-order valence-electron chi connectivity index (χ4n) is 4.94. The Morgan fingerprint density at radius 2 is 1.43 bits per heavy atom. The molecule has 0 radical (unpaired) electrons. The summed E-state index contributed by atoms with van der Waals surface area (Å²) < 4.78 is 0. The fourth-order valence-corrected chi connectivity index (χ4v) is 4.94. The molecule has 6 atom stereocenters. The highest BCUT2D eigenvalue weighted by Gasteiger charge is 2.41. The lowest BCUT2D eigenvalue weighted by Crippen LogP contribution is -2.44. The number of nitrogens with one attached hydrogen (secondary N) is 2. The summed E-state index contributed by atoms with van der Waals surface area (Å²) in [5, 5.41) is 24.8. The zero-order chi connectivity index (χ0) is 22.3. The molecule has 6 unspecified atom stereocenters. The lowest BCUT2D eigenvalue weighted by atomic mass is 9.73. The van der Waals surface area contributed by atoms with Crippen molar-refractivity contribution in [1.82, 2.24) is 10.6 Å². The van der Waals surface area contributed by atoms with Crippen LogP contribution in [0, 0.1) is 29.6 Å². The molecule has 2 aliphatic rings. The van der Waals surface area contributed by atoms with E-state index >= 15 is 0 Å². The molecule has 2 saturated carbocycles. The van der Waals surface area contributed by atoms with Gasteiger partial charge in [-0.15, -0.1) is 0 Å². The van der Waals surface area contributed by atoms with Crippen LogP contribution in [-0.2, 0) is 19.2 Å². The quantitative estimate of drug-likeness (QED) is 0.536. The van der Waals surface area contributed by atoms with Gasteiger partial charge < -0.3 is 20.8 Å². The van der Waals surface area contributed by atoms with Crippen molar-refractivity contribution in [3.05, 3.63) is 0 Å². The van der Waals surface area contributed by atoms with Gasteiger partial charge in [0.25, 0.3) is 0 Å². The second kappa shape index (κ2) is 11.3. The minimum absolute atomic E-state index is 0.0930. The lowest BCUT2D eigenvalue weighted by Gasteiger charge is -2.32. The van der Waals surface area contributed by atoms with Gasteiger partial charge >= 0.3 is 11.9 Å². The SMILES string of the molecule is CNC(=O)C1CCC(C(=O)NC2CCCCC(C)CC2)CC(C(=O)O)CC1C(=O)O. The standard InChI is InChI=1S/C22H36N2O6/c1-13-5-3-4-6-16(9-7-13)24-19(25)14-8-10-17(20(26)23-2)18(22(29)30)12-15(11-14)21(27)28/h13-18H,3-12H2,1-2H3,(H,23,26)(H,24,25)(H,27,28)(H,29,30). The maximum atomic E-state index is 13.0. The Labute approximate surface area is 178 Å². The summed E-state index contributed by atoms with van der Waals surface area (Å²) >= 11 is 0. The van der Waals surface area contributed by atoms with Crippen molar-refractivity contribution in [2.24, 2.45) is 29.6 Å². The summed E-state index contributed by atoms with van der Waals surface area (Å²) in [5.74, 6) is -5.62. The molecule has 0 aromatic rings. The summed E-state index contributed by atoms with van der Waals surface area (Å²) in [5.41, 5.74) is 0. The number of carboxylic acids is 2. The van der Waals surface area contributed by atoms with E-state index in [4.69, 9.17) is 0 Å². The Morgan fingerprint density at radius 3 is 2.07 bits per heavy atom. The number of carbonyl (C=O) groups excluding carboxylic acids is 2. The van der Waals surface area contributed by atoms with E-state index in [0.29, 0.717) is 12.3 Å². The zero-order valence-electron chi connectivity index (χ0n) is 18.1. The number of hydrogen-bond donors (Lipinski definition) is 4. The van der Waals surface area contributed by atoms with Crippen molar-refractivity contribution >= 4 is 23.8 Å². The molecular formula is C22H36N2O6. The van der Waals surface area contributed by atoms with Gasteiger partial charge in [0, 0.05) is 19.0 Å². The van der Waals surface area contributed by atoms with E-state index in [1.807, 2.05) is 0 Å². The normalized spacial score (nSPS) is 33.1. The number of carbonyl (C=O) groups is 4. The van der Waals surface area contributed by atoms with Crippen molar-refractivity contribution in [1.29, 1.82) is 0 Å². The van der Waals surface area contributed by atoms with Crippen LogP contribution in [0.15, 0.2) is 0 Å². The van der Waals surface area contributed by atoms with E-state index in [1.165, 1.54) is 13.5 Å². The van der Waals surface area contributed by atoms with Gasteiger partial charge in [-0.1, -0.05) is 26.2 Å². The van der Waals surface area contributed by atoms with Gasteiger partial charge in [0.2, 0.25) is 11.8 Å². The molecule has 2 amide bonds. The predicted octanol–water partition coefficient (Wildman–Crippen LogP) is 2.42. The molecule has 0 aliphatic heterocycles. The minimum Gasteiger partial charge on any atom is -0.481 e. The van der Waals surface area contributed by atoms with Crippen LogP contribution in [-0.4, -0.2) is 47.1 Å². The number of hydrogen-bond acceptors (Lipinski definition) is 4. The van der Waals surface area contributed by atoms with Crippen molar-refractivity contribution in [3.8, 4) is 0 Å². The average molecular weight is 425 g/mol. The third kappa shape index (κ3) is 6.71. The molecule has 0 bridgehead atoms. The molecule has 0 heterocycles. The fraction of sp³-hybridized carbons (Fsp3) is 0.818. The van der Waals surface area contributed by atoms with E-state index in [2.05, 4.69) is 17.6 Å². The first-order valence-corrected chi connectivity index (χ1v) is 11.2. The molecule has 8 nitrogen and oxygen atoms in total. The molecule has 8 heteroatoms. The van der Waals surface area contributed by atoms with Crippen LogP contribution in [0.4, 0.5) is 0 Å². The monoisotopic (exact) mass is 424 g/mol. The summed E-state index contributed by atoms with van der Waals surface area (Å²) in [6.45, 7) is 2.23. The maximum Gasteiger partial charge on any atom is 0.307 e. The van der Waals surface area contributed by atoms with E-state index < -0.39 is 41.5 Å². The summed E-state index contributed by atoms with van der Waals surface area (Å²) in [6, 6.07) is 0.0930. The van der Waals surface area contributed by atoms with E-state index in [9.17, 15) is 29.4 Å². The van der Waals surface area contributed by atoms with Crippen LogP contribution in [0.25, 0.3) is 0 Å². The molecule has 0 spiro atoms. The van der Waals surface area contributed by atoms with E-state index in [-0.39, 0.29) is 31.2 Å². The third-order valence-corrected chi connectivity index (χ3v) is 6.89. The van der Waals surface area contributed by atoms with Crippen LogP contribution in [0.1, 0.15) is 71.1 Å². The van der Waals surface area contributed by atoms with Gasteiger partial charge in [-0.05, 0) is 50.9 Å². The van der Waals surface area contributed by atoms with Crippen molar-refractivity contribution < 1.29 is 29.4 Å². The largest absolute Gasteiger partial charge is 0.481 e. The Balaban J connectivity index is 2.13. The van der Waals surface area contributed by atoms with Gasteiger partial charge in [-0.25, -0.2) is 0 Å². The average Bonchev–Trinajstić information content (AvgIpc) is 2.66. The summed E-state index contributed by atoms with van der Waals surface area (Å²) in [6.07, 6.45) is 6.87. The molecule has 0 aromatic heterocycles. The molecule has 2 rings (SSSR count). The van der Waals surface area contributed by atoms with Crippen molar-refractivity contribution in [2.75, 3.05) is 7.05 Å². The Kier molecular flexibility index (Phi) is 9.11.